The first-order valence-corrected chi connectivity index (χ1v) is 12.6. The van der Waals surface area contributed by atoms with Crippen LogP contribution in [0.3, 0.4) is 0 Å². The van der Waals surface area contributed by atoms with Gasteiger partial charge in [-0.2, -0.15) is 0 Å². The Morgan fingerprint density at radius 1 is 1.00 bits per heavy atom. The van der Waals surface area contributed by atoms with Gasteiger partial charge in [0.05, 0.1) is 43.2 Å². The standard InChI is InChI=1S/C23H27N3O7S/c1-31-20-6-3-15(11-21(20)32-2)13-25-22(27)18-12-17(33-14-24)4-5-19(18)26(23(25)28)16-7-9-34(29,30)10-8-16/h3-6,11-12,16H,7-10,13-14,24H2,1-2H3. The average molecular weight is 490 g/mol. The molecule has 0 saturated carbocycles. The maximum atomic E-state index is 13.6. The van der Waals surface area contributed by atoms with Crippen molar-refractivity contribution in [3.05, 3.63) is 62.8 Å². The smallest absolute Gasteiger partial charge is 0.332 e. The van der Waals surface area contributed by atoms with Gasteiger partial charge in [0, 0.05) is 6.04 Å². The van der Waals surface area contributed by atoms with Crippen LogP contribution in [-0.2, 0) is 16.4 Å². The fourth-order valence-electron chi connectivity index (χ4n) is 4.34. The third kappa shape index (κ3) is 4.53. The van der Waals surface area contributed by atoms with E-state index in [4.69, 9.17) is 19.9 Å². The molecular formula is C23H27N3O7S. The van der Waals surface area contributed by atoms with Crippen molar-refractivity contribution in [1.29, 1.82) is 0 Å². The van der Waals surface area contributed by atoms with Crippen LogP contribution in [0.1, 0.15) is 24.4 Å². The Balaban J connectivity index is 1.89. The zero-order chi connectivity index (χ0) is 24.5. The van der Waals surface area contributed by atoms with Crippen molar-refractivity contribution in [2.75, 3.05) is 32.5 Å². The summed E-state index contributed by atoms with van der Waals surface area (Å²) in [5, 5.41) is 0.291. The van der Waals surface area contributed by atoms with E-state index in [0.717, 1.165) is 4.57 Å². The molecule has 34 heavy (non-hydrogen) atoms. The summed E-state index contributed by atoms with van der Waals surface area (Å²) in [6, 6.07) is 9.67. The van der Waals surface area contributed by atoms with E-state index in [-0.39, 0.29) is 30.8 Å². The molecule has 1 saturated heterocycles. The lowest BCUT2D eigenvalue weighted by molar-refractivity contribution is 0.330. The summed E-state index contributed by atoms with van der Waals surface area (Å²) in [5.41, 5.74) is 5.62. The van der Waals surface area contributed by atoms with Crippen molar-refractivity contribution in [3.63, 3.8) is 0 Å². The van der Waals surface area contributed by atoms with Crippen LogP contribution in [0.15, 0.2) is 46.0 Å². The summed E-state index contributed by atoms with van der Waals surface area (Å²) in [5.74, 6) is 1.40. The minimum Gasteiger partial charge on any atom is -0.493 e. The van der Waals surface area contributed by atoms with Gasteiger partial charge in [0.25, 0.3) is 5.56 Å². The molecular weight excluding hydrogens is 462 g/mol. The lowest BCUT2D eigenvalue weighted by atomic mass is 10.1. The number of nitrogens with zero attached hydrogens (tertiary/aromatic N) is 2. The Morgan fingerprint density at radius 3 is 2.35 bits per heavy atom. The fourth-order valence-corrected chi connectivity index (χ4v) is 5.80. The molecule has 1 fully saturated rings. The number of fused-ring (bicyclic) bond motifs is 1. The van der Waals surface area contributed by atoms with E-state index in [0.29, 0.717) is 46.6 Å². The third-order valence-corrected chi connectivity index (χ3v) is 7.78. The van der Waals surface area contributed by atoms with E-state index in [1.165, 1.54) is 14.2 Å². The zero-order valence-corrected chi connectivity index (χ0v) is 19.8. The number of benzene rings is 2. The first kappa shape index (κ1) is 23.8. The molecule has 3 aromatic rings. The molecule has 0 atom stereocenters. The molecule has 182 valence electrons. The molecule has 2 heterocycles. The normalized spacial score (nSPS) is 15.9. The quantitative estimate of drug-likeness (QED) is 0.491. The lowest BCUT2D eigenvalue weighted by Gasteiger charge is -2.26. The minimum atomic E-state index is -3.13. The Bertz CT molecular complexity index is 1430. The van der Waals surface area contributed by atoms with E-state index >= 15 is 0 Å². The van der Waals surface area contributed by atoms with Crippen LogP contribution < -0.4 is 31.2 Å². The molecule has 0 unspecified atom stereocenters. The van der Waals surface area contributed by atoms with Gasteiger partial charge in [-0.1, -0.05) is 6.07 Å². The van der Waals surface area contributed by atoms with E-state index in [1.807, 2.05) is 0 Å². The number of rotatable bonds is 7. The van der Waals surface area contributed by atoms with Crippen molar-refractivity contribution >= 4 is 20.7 Å². The molecule has 1 aliphatic heterocycles. The van der Waals surface area contributed by atoms with Crippen LogP contribution >= 0.6 is 0 Å². The number of ether oxygens (including phenoxy) is 3. The predicted molar refractivity (Wildman–Crippen MR) is 128 cm³/mol. The van der Waals surface area contributed by atoms with Crippen LogP contribution in [0.4, 0.5) is 0 Å². The van der Waals surface area contributed by atoms with Gasteiger partial charge >= 0.3 is 5.69 Å². The molecule has 1 aromatic heterocycles. The molecule has 10 nitrogen and oxygen atoms in total. The summed E-state index contributed by atoms with van der Waals surface area (Å²) in [7, 11) is -0.0985. The number of aromatic nitrogens is 2. The highest BCUT2D eigenvalue weighted by Gasteiger charge is 2.28. The largest absolute Gasteiger partial charge is 0.493 e. The molecule has 0 spiro atoms. The van der Waals surface area contributed by atoms with Crippen LogP contribution in [-0.4, -0.2) is 50.0 Å². The van der Waals surface area contributed by atoms with Gasteiger partial charge in [-0.05, 0) is 48.7 Å². The van der Waals surface area contributed by atoms with Gasteiger partial charge < -0.3 is 14.2 Å². The fraction of sp³-hybridized carbons (Fsp3) is 0.391. The minimum absolute atomic E-state index is 0.000946. The first-order chi connectivity index (χ1) is 16.3. The summed E-state index contributed by atoms with van der Waals surface area (Å²) in [6.45, 7) is -0.0631. The Labute approximate surface area is 196 Å². The highest BCUT2D eigenvalue weighted by molar-refractivity contribution is 7.91. The van der Waals surface area contributed by atoms with E-state index in [9.17, 15) is 18.0 Å². The highest BCUT2D eigenvalue weighted by Crippen LogP contribution is 2.29. The summed E-state index contributed by atoms with van der Waals surface area (Å²) in [6.07, 6.45) is 0.597. The topological polar surface area (TPSA) is 132 Å². The number of nitrogens with two attached hydrogens (primary N) is 1. The Kier molecular flexibility index (Phi) is 6.67. The number of hydrogen-bond acceptors (Lipinski definition) is 8. The summed E-state index contributed by atoms with van der Waals surface area (Å²) >= 11 is 0. The number of sulfone groups is 1. The monoisotopic (exact) mass is 489 g/mol. The van der Waals surface area contributed by atoms with Gasteiger partial charge in [0.2, 0.25) is 0 Å². The van der Waals surface area contributed by atoms with Crippen molar-refractivity contribution in [3.8, 4) is 17.2 Å². The summed E-state index contributed by atoms with van der Waals surface area (Å²) in [4.78, 5) is 27.1. The molecule has 4 rings (SSSR count). The first-order valence-electron chi connectivity index (χ1n) is 10.8. The lowest BCUT2D eigenvalue weighted by Crippen LogP contribution is -2.43. The van der Waals surface area contributed by atoms with Crippen molar-refractivity contribution < 1.29 is 22.6 Å². The third-order valence-electron chi connectivity index (χ3n) is 6.07. The Hall–Kier alpha value is -3.31. The molecule has 0 bridgehead atoms. The second-order valence-electron chi connectivity index (χ2n) is 8.11. The van der Waals surface area contributed by atoms with Crippen molar-refractivity contribution in [1.82, 2.24) is 9.13 Å². The van der Waals surface area contributed by atoms with Gasteiger partial charge in [-0.25, -0.2) is 13.2 Å². The molecule has 1 aliphatic rings. The van der Waals surface area contributed by atoms with Gasteiger partial charge in [0.15, 0.2) is 11.5 Å². The molecule has 2 N–H and O–H groups in total. The van der Waals surface area contributed by atoms with Gasteiger partial charge in [-0.3, -0.25) is 19.7 Å². The SMILES string of the molecule is COc1ccc(Cn2c(=O)c3cc(OCN)ccc3n(C3CCS(=O)(=O)CC3)c2=O)cc1OC. The predicted octanol–water partition coefficient (Wildman–Crippen LogP) is 1.27. The molecule has 0 aliphatic carbocycles. The van der Waals surface area contributed by atoms with Crippen LogP contribution in [0, 0.1) is 0 Å². The van der Waals surface area contributed by atoms with Crippen LogP contribution in [0.2, 0.25) is 0 Å². The molecule has 11 heteroatoms. The highest BCUT2D eigenvalue weighted by atomic mass is 32.2. The van der Waals surface area contributed by atoms with E-state index in [2.05, 4.69) is 0 Å². The second-order valence-corrected chi connectivity index (χ2v) is 10.4. The molecule has 2 aromatic carbocycles. The van der Waals surface area contributed by atoms with Gasteiger partial charge in [-0.15, -0.1) is 0 Å². The zero-order valence-electron chi connectivity index (χ0n) is 19.0. The summed E-state index contributed by atoms with van der Waals surface area (Å²) < 4.78 is 42.6. The van der Waals surface area contributed by atoms with Gasteiger partial charge in [0.1, 0.15) is 22.3 Å². The van der Waals surface area contributed by atoms with Crippen molar-refractivity contribution in [2.45, 2.75) is 25.4 Å². The van der Waals surface area contributed by atoms with Crippen LogP contribution in [0.25, 0.3) is 10.9 Å². The second kappa shape index (κ2) is 9.51. The number of hydrogen-bond donors (Lipinski definition) is 1. The molecule has 0 radical (unpaired) electrons. The molecule has 0 amide bonds. The maximum absolute atomic E-state index is 13.6. The van der Waals surface area contributed by atoms with Crippen molar-refractivity contribution in [2.24, 2.45) is 5.73 Å². The average Bonchev–Trinajstić information content (AvgIpc) is 2.83. The number of methoxy groups -OCH3 is 2. The van der Waals surface area contributed by atoms with Crippen LogP contribution in [0.5, 0.6) is 17.2 Å². The van der Waals surface area contributed by atoms with E-state index in [1.54, 1.807) is 41.0 Å². The Morgan fingerprint density at radius 2 is 1.71 bits per heavy atom. The van der Waals surface area contributed by atoms with E-state index < -0.39 is 21.1 Å². The maximum Gasteiger partial charge on any atom is 0.332 e.